The molecule has 47 heavy (non-hydrogen) atoms. The van der Waals surface area contributed by atoms with Crippen LogP contribution in [-0.2, 0) is 29.2 Å². The minimum atomic E-state index is -0.804. The van der Waals surface area contributed by atoms with Gasteiger partial charge in [-0.05, 0) is 77.6 Å². The van der Waals surface area contributed by atoms with Gasteiger partial charge in [-0.25, -0.2) is 4.79 Å². The first-order chi connectivity index (χ1) is 22.9. The summed E-state index contributed by atoms with van der Waals surface area (Å²) in [4.78, 5) is 40.4. The Kier molecular flexibility index (Phi) is 10.6. The number of carbonyl (C=O) groups excluding carboxylic acids is 3. The van der Waals surface area contributed by atoms with Crippen molar-refractivity contribution in [3.8, 4) is 23.0 Å². The molecular weight excluding hydrogens is 596 g/mol. The Morgan fingerprint density at radius 2 is 1.66 bits per heavy atom. The molecule has 0 bridgehead atoms. The van der Waals surface area contributed by atoms with Crippen molar-refractivity contribution in [2.75, 3.05) is 20.3 Å². The molecule has 4 amide bonds. The second-order valence-corrected chi connectivity index (χ2v) is 10.9. The number of nitrogens with one attached hydrogen (secondary N) is 1. The van der Waals surface area contributed by atoms with Gasteiger partial charge in [0.05, 0.1) is 26.9 Å². The second-order valence-electron chi connectivity index (χ2n) is 10.9. The maximum atomic E-state index is 13.6. The average molecular weight is 635 g/mol. The van der Waals surface area contributed by atoms with Crippen LogP contribution in [0.2, 0.25) is 0 Å². The van der Waals surface area contributed by atoms with Gasteiger partial charge in [-0.2, -0.15) is 0 Å². The lowest BCUT2D eigenvalue weighted by Crippen LogP contribution is -2.53. The Balaban J connectivity index is 1.44. The minimum Gasteiger partial charge on any atom is -0.493 e. The van der Waals surface area contributed by atoms with Crippen molar-refractivity contribution in [3.63, 3.8) is 0 Å². The Bertz CT molecular complexity index is 1840. The number of fused-ring (bicyclic) bond motifs is 1. The standard InChI is InChI=1S/C38H38N2O7/c1-5-11-28-19-26(22-34(45-7-3)35(28)47-24-29-14-10-13-27-12-8-9-15-30(27)29)20-31-36(41)39-38(43)40(37(31)42)23-25-16-17-32(46-18-6-2)33(21-25)44-4/h5,8-10,12-17,19-22H,1,6-7,11,18,23-24H2,2-4H3,(H,39,41,43)/b31-20+. The van der Waals surface area contributed by atoms with Crippen molar-refractivity contribution in [1.82, 2.24) is 10.2 Å². The zero-order valence-corrected chi connectivity index (χ0v) is 26.8. The van der Waals surface area contributed by atoms with Gasteiger partial charge in [-0.1, -0.05) is 61.5 Å². The molecule has 1 aliphatic heterocycles. The molecule has 242 valence electrons. The zero-order chi connectivity index (χ0) is 33.3. The molecule has 9 nitrogen and oxygen atoms in total. The first-order valence-electron chi connectivity index (χ1n) is 15.5. The van der Waals surface area contributed by atoms with E-state index in [4.69, 9.17) is 18.9 Å². The quantitative estimate of drug-likeness (QED) is 0.0905. The van der Waals surface area contributed by atoms with Gasteiger partial charge in [0, 0.05) is 5.56 Å². The lowest BCUT2D eigenvalue weighted by atomic mass is 10.0. The number of ether oxygens (including phenoxy) is 4. The molecule has 0 atom stereocenters. The molecule has 4 aromatic rings. The molecule has 0 aromatic heterocycles. The number of methoxy groups -OCH3 is 1. The van der Waals surface area contributed by atoms with Crippen LogP contribution in [0.15, 0.2) is 91.0 Å². The molecule has 1 fully saturated rings. The summed E-state index contributed by atoms with van der Waals surface area (Å²) in [6.07, 6.45) is 4.49. The van der Waals surface area contributed by atoms with Crippen molar-refractivity contribution in [3.05, 3.63) is 113 Å². The number of barbiturate groups is 1. The summed E-state index contributed by atoms with van der Waals surface area (Å²) >= 11 is 0. The van der Waals surface area contributed by atoms with E-state index in [1.165, 1.54) is 13.2 Å². The smallest absolute Gasteiger partial charge is 0.331 e. The number of rotatable bonds is 14. The SMILES string of the molecule is C=CCc1cc(/C=C2\C(=O)NC(=O)N(Cc3ccc(OCCC)c(OC)c3)C2=O)cc(OCC)c1OCc1cccc2ccccc12. The van der Waals surface area contributed by atoms with Crippen LogP contribution in [-0.4, -0.2) is 43.1 Å². The molecule has 0 aliphatic carbocycles. The Morgan fingerprint density at radius 3 is 2.43 bits per heavy atom. The zero-order valence-electron chi connectivity index (χ0n) is 26.8. The number of allylic oxidation sites excluding steroid dienone is 1. The van der Waals surface area contributed by atoms with Gasteiger partial charge >= 0.3 is 6.03 Å². The van der Waals surface area contributed by atoms with Crippen LogP contribution in [0.1, 0.15) is 42.5 Å². The molecule has 0 saturated carbocycles. The molecular formula is C38H38N2O7. The molecule has 0 spiro atoms. The average Bonchev–Trinajstić information content (AvgIpc) is 3.07. The van der Waals surface area contributed by atoms with Crippen LogP contribution in [0.3, 0.4) is 0 Å². The van der Waals surface area contributed by atoms with E-state index in [1.54, 1.807) is 30.3 Å². The van der Waals surface area contributed by atoms with Crippen LogP contribution in [0.4, 0.5) is 4.79 Å². The molecule has 5 rings (SSSR count). The van der Waals surface area contributed by atoms with Crippen molar-refractivity contribution in [2.24, 2.45) is 0 Å². The van der Waals surface area contributed by atoms with Crippen LogP contribution in [0.25, 0.3) is 16.8 Å². The summed E-state index contributed by atoms with van der Waals surface area (Å²) in [7, 11) is 1.52. The van der Waals surface area contributed by atoms with E-state index in [2.05, 4.69) is 30.1 Å². The molecule has 1 N–H and O–H groups in total. The largest absolute Gasteiger partial charge is 0.493 e. The molecule has 1 heterocycles. The predicted molar refractivity (Wildman–Crippen MR) is 181 cm³/mol. The van der Waals surface area contributed by atoms with E-state index in [9.17, 15) is 14.4 Å². The Labute approximate surface area is 274 Å². The van der Waals surface area contributed by atoms with E-state index in [0.29, 0.717) is 60.4 Å². The van der Waals surface area contributed by atoms with Crippen molar-refractivity contribution >= 4 is 34.7 Å². The van der Waals surface area contributed by atoms with Gasteiger partial charge in [0.1, 0.15) is 12.2 Å². The number of urea groups is 1. The molecule has 9 heteroatoms. The maximum absolute atomic E-state index is 13.6. The summed E-state index contributed by atoms with van der Waals surface area (Å²) in [5.74, 6) is 0.563. The summed E-state index contributed by atoms with van der Waals surface area (Å²) in [6.45, 7) is 8.89. The summed E-state index contributed by atoms with van der Waals surface area (Å²) in [6, 6.07) is 22.1. The van der Waals surface area contributed by atoms with Gasteiger partial charge in [0.25, 0.3) is 11.8 Å². The number of carbonyl (C=O) groups is 3. The third kappa shape index (κ3) is 7.47. The van der Waals surface area contributed by atoms with Crippen LogP contribution < -0.4 is 24.3 Å². The number of benzene rings is 4. The molecule has 1 saturated heterocycles. The van der Waals surface area contributed by atoms with Gasteiger partial charge < -0.3 is 18.9 Å². The lowest BCUT2D eigenvalue weighted by molar-refractivity contribution is -0.130. The Hall–Kier alpha value is -5.57. The fourth-order valence-corrected chi connectivity index (χ4v) is 5.40. The van der Waals surface area contributed by atoms with E-state index in [0.717, 1.165) is 33.2 Å². The highest BCUT2D eigenvalue weighted by atomic mass is 16.5. The van der Waals surface area contributed by atoms with Crippen molar-refractivity contribution in [1.29, 1.82) is 0 Å². The normalized spacial score (nSPS) is 13.9. The Morgan fingerprint density at radius 1 is 0.851 bits per heavy atom. The maximum Gasteiger partial charge on any atom is 0.331 e. The third-order valence-corrected chi connectivity index (χ3v) is 7.60. The van der Waals surface area contributed by atoms with E-state index in [1.807, 2.05) is 44.2 Å². The topological polar surface area (TPSA) is 103 Å². The highest BCUT2D eigenvalue weighted by Gasteiger charge is 2.36. The number of amides is 4. The first kappa shape index (κ1) is 32.8. The van der Waals surface area contributed by atoms with E-state index in [-0.39, 0.29) is 12.1 Å². The lowest BCUT2D eigenvalue weighted by Gasteiger charge is -2.26. The second kappa shape index (κ2) is 15.1. The third-order valence-electron chi connectivity index (χ3n) is 7.60. The van der Waals surface area contributed by atoms with Crippen molar-refractivity contribution in [2.45, 2.75) is 39.8 Å². The summed E-state index contributed by atoms with van der Waals surface area (Å²) in [5.41, 5.74) is 2.77. The summed E-state index contributed by atoms with van der Waals surface area (Å²) in [5, 5.41) is 4.51. The number of nitrogens with zero attached hydrogens (tertiary/aromatic N) is 1. The van der Waals surface area contributed by atoms with Gasteiger partial charge in [-0.15, -0.1) is 6.58 Å². The van der Waals surface area contributed by atoms with Crippen LogP contribution in [0.5, 0.6) is 23.0 Å². The van der Waals surface area contributed by atoms with E-state index >= 15 is 0 Å². The fraction of sp³-hybridized carbons (Fsp3) is 0.237. The van der Waals surface area contributed by atoms with Gasteiger partial charge in [0.15, 0.2) is 23.0 Å². The fourth-order valence-electron chi connectivity index (χ4n) is 5.40. The van der Waals surface area contributed by atoms with E-state index < -0.39 is 17.8 Å². The minimum absolute atomic E-state index is 0.0768. The predicted octanol–water partition coefficient (Wildman–Crippen LogP) is 7.01. The number of hydrogen-bond acceptors (Lipinski definition) is 7. The van der Waals surface area contributed by atoms with Crippen LogP contribution in [0, 0.1) is 0 Å². The first-order valence-corrected chi connectivity index (χ1v) is 15.5. The molecule has 0 unspecified atom stereocenters. The van der Waals surface area contributed by atoms with Crippen molar-refractivity contribution < 1.29 is 33.3 Å². The van der Waals surface area contributed by atoms with Crippen LogP contribution >= 0.6 is 0 Å². The molecule has 0 radical (unpaired) electrons. The molecule has 1 aliphatic rings. The highest BCUT2D eigenvalue weighted by Crippen LogP contribution is 2.36. The molecule has 4 aromatic carbocycles. The summed E-state index contributed by atoms with van der Waals surface area (Å²) < 4.78 is 23.6. The number of hydrogen-bond donors (Lipinski definition) is 1. The van der Waals surface area contributed by atoms with Gasteiger partial charge in [-0.3, -0.25) is 19.8 Å². The monoisotopic (exact) mass is 634 g/mol. The highest BCUT2D eigenvalue weighted by molar-refractivity contribution is 6.31. The number of imide groups is 2. The van der Waals surface area contributed by atoms with Gasteiger partial charge in [0.2, 0.25) is 0 Å².